The van der Waals surface area contributed by atoms with Crippen molar-refractivity contribution in [2.24, 2.45) is 0 Å². The average molecular weight is 224 g/mol. The molecule has 0 aliphatic carbocycles. The minimum Gasteiger partial charge on any atom is -0.394 e. The molecule has 0 amide bonds. The molecule has 0 rings (SSSR count). The summed E-state index contributed by atoms with van der Waals surface area (Å²) in [6.45, 7) is 2.09. The van der Waals surface area contributed by atoms with Crippen molar-refractivity contribution in [1.82, 2.24) is 0 Å². The number of hydrogen-bond donors (Lipinski definition) is 2. The van der Waals surface area contributed by atoms with Gasteiger partial charge in [0.1, 0.15) is 0 Å². The van der Waals surface area contributed by atoms with Crippen LogP contribution in [-0.4, -0.2) is 69.9 Å². The predicted molar refractivity (Wildman–Crippen MR) is 52.6 cm³/mol. The van der Waals surface area contributed by atoms with E-state index in [9.17, 15) is 0 Å². The fraction of sp³-hybridized carbons (Fsp3) is 1.00. The van der Waals surface area contributed by atoms with Gasteiger partial charge in [-0.1, -0.05) is 0 Å². The van der Waals surface area contributed by atoms with Gasteiger partial charge in [0.2, 0.25) is 0 Å². The standard InChI is InChI=1S/C9H20O6/c1-12-8-9(11)15-7-6-14-5-4-13-3-2-10/h9-11H,2-8H2,1H3. The average Bonchev–Trinajstić information content (AvgIpc) is 2.22. The number of rotatable bonds is 11. The molecular weight excluding hydrogens is 204 g/mol. The van der Waals surface area contributed by atoms with Crippen LogP contribution in [0.5, 0.6) is 0 Å². The first-order chi connectivity index (χ1) is 7.31. The number of aliphatic hydroxyl groups is 2. The van der Waals surface area contributed by atoms with Gasteiger partial charge >= 0.3 is 0 Å². The molecule has 0 aromatic carbocycles. The lowest BCUT2D eigenvalue weighted by atomic mass is 10.6. The fourth-order valence-electron chi connectivity index (χ4n) is 0.820. The second-order valence-electron chi connectivity index (χ2n) is 2.73. The maximum Gasteiger partial charge on any atom is 0.178 e. The third-order valence-electron chi connectivity index (χ3n) is 1.45. The van der Waals surface area contributed by atoms with Gasteiger partial charge in [0.25, 0.3) is 0 Å². The van der Waals surface area contributed by atoms with E-state index in [-0.39, 0.29) is 13.2 Å². The van der Waals surface area contributed by atoms with Crippen LogP contribution in [0.2, 0.25) is 0 Å². The SMILES string of the molecule is COCC(O)OCCOCCOCCO. The van der Waals surface area contributed by atoms with Gasteiger partial charge in [-0.25, -0.2) is 0 Å². The Kier molecular flexibility index (Phi) is 11.6. The lowest BCUT2D eigenvalue weighted by molar-refractivity contribution is -0.141. The predicted octanol–water partition coefficient (Wildman–Crippen LogP) is -1.01. The first-order valence-electron chi connectivity index (χ1n) is 4.86. The number of aliphatic hydroxyl groups excluding tert-OH is 2. The van der Waals surface area contributed by atoms with Gasteiger partial charge < -0.3 is 29.2 Å². The minimum atomic E-state index is -0.899. The summed E-state index contributed by atoms with van der Waals surface area (Å²) in [5.41, 5.74) is 0. The van der Waals surface area contributed by atoms with Gasteiger partial charge in [-0.05, 0) is 0 Å². The minimum absolute atomic E-state index is 0.0202. The Bertz CT molecular complexity index is 121. The maximum absolute atomic E-state index is 9.07. The summed E-state index contributed by atoms with van der Waals surface area (Å²) < 4.78 is 19.7. The zero-order valence-corrected chi connectivity index (χ0v) is 9.05. The highest BCUT2D eigenvalue weighted by Gasteiger charge is 2.01. The molecule has 92 valence electrons. The molecule has 0 aromatic rings. The van der Waals surface area contributed by atoms with E-state index in [1.54, 1.807) is 0 Å². The molecule has 0 aliphatic heterocycles. The quantitative estimate of drug-likeness (QED) is 0.346. The Morgan fingerprint density at radius 3 is 2.20 bits per heavy atom. The van der Waals surface area contributed by atoms with E-state index < -0.39 is 6.29 Å². The van der Waals surface area contributed by atoms with E-state index >= 15 is 0 Å². The Morgan fingerprint density at radius 1 is 1.00 bits per heavy atom. The summed E-state index contributed by atoms with van der Waals surface area (Å²) in [5.74, 6) is 0. The topological polar surface area (TPSA) is 77.4 Å². The van der Waals surface area contributed by atoms with E-state index in [1.165, 1.54) is 7.11 Å². The number of hydrogen-bond acceptors (Lipinski definition) is 6. The molecule has 2 N–H and O–H groups in total. The molecule has 1 unspecified atom stereocenters. The van der Waals surface area contributed by atoms with E-state index in [0.717, 1.165) is 0 Å². The van der Waals surface area contributed by atoms with Crippen molar-refractivity contribution in [2.75, 3.05) is 53.4 Å². The smallest absolute Gasteiger partial charge is 0.178 e. The van der Waals surface area contributed by atoms with Gasteiger partial charge in [-0.3, -0.25) is 0 Å². The van der Waals surface area contributed by atoms with Crippen LogP contribution in [-0.2, 0) is 18.9 Å². The highest BCUT2D eigenvalue weighted by Crippen LogP contribution is 1.88. The normalized spacial score (nSPS) is 13.0. The lowest BCUT2D eigenvalue weighted by Crippen LogP contribution is -2.21. The van der Waals surface area contributed by atoms with Crippen LogP contribution in [0.1, 0.15) is 0 Å². The summed E-state index contributed by atoms with van der Waals surface area (Å²) in [6.07, 6.45) is -0.899. The molecule has 6 nitrogen and oxygen atoms in total. The summed E-state index contributed by atoms with van der Waals surface area (Å²) in [4.78, 5) is 0. The number of methoxy groups -OCH3 is 1. The van der Waals surface area contributed by atoms with Gasteiger partial charge in [0, 0.05) is 7.11 Å². The van der Waals surface area contributed by atoms with Crippen LogP contribution >= 0.6 is 0 Å². The zero-order valence-electron chi connectivity index (χ0n) is 9.05. The lowest BCUT2D eigenvalue weighted by Gasteiger charge is -2.10. The van der Waals surface area contributed by atoms with Crippen molar-refractivity contribution in [3.05, 3.63) is 0 Å². The van der Waals surface area contributed by atoms with E-state index in [2.05, 4.69) is 4.74 Å². The van der Waals surface area contributed by atoms with Crippen LogP contribution in [0.4, 0.5) is 0 Å². The van der Waals surface area contributed by atoms with Crippen LogP contribution in [0.25, 0.3) is 0 Å². The molecule has 6 heteroatoms. The van der Waals surface area contributed by atoms with Gasteiger partial charge in [-0.15, -0.1) is 0 Å². The molecule has 0 bridgehead atoms. The zero-order chi connectivity index (χ0) is 11.4. The van der Waals surface area contributed by atoms with Gasteiger partial charge in [0.05, 0.1) is 46.2 Å². The molecule has 0 heterocycles. The summed E-state index contributed by atoms with van der Waals surface area (Å²) in [5, 5.41) is 17.5. The Labute approximate surface area is 89.7 Å². The van der Waals surface area contributed by atoms with Crippen LogP contribution in [0.15, 0.2) is 0 Å². The third-order valence-corrected chi connectivity index (χ3v) is 1.45. The fourth-order valence-corrected chi connectivity index (χ4v) is 0.820. The summed E-state index contributed by atoms with van der Waals surface area (Å²) in [6, 6.07) is 0. The monoisotopic (exact) mass is 224 g/mol. The Morgan fingerprint density at radius 2 is 1.60 bits per heavy atom. The molecule has 1 atom stereocenters. The van der Waals surface area contributed by atoms with E-state index in [0.29, 0.717) is 33.0 Å². The summed E-state index contributed by atoms with van der Waals surface area (Å²) in [7, 11) is 1.49. The number of ether oxygens (including phenoxy) is 4. The third kappa shape index (κ3) is 11.7. The highest BCUT2D eigenvalue weighted by molar-refractivity contribution is 4.37. The van der Waals surface area contributed by atoms with Crippen LogP contribution in [0.3, 0.4) is 0 Å². The first kappa shape index (κ1) is 14.8. The summed E-state index contributed by atoms with van der Waals surface area (Å²) >= 11 is 0. The molecule has 0 aromatic heterocycles. The Hall–Kier alpha value is -0.240. The molecule has 0 aliphatic rings. The van der Waals surface area contributed by atoms with Gasteiger partial charge in [-0.2, -0.15) is 0 Å². The van der Waals surface area contributed by atoms with Crippen LogP contribution in [0, 0.1) is 0 Å². The van der Waals surface area contributed by atoms with Crippen molar-refractivity contribution >= 4 is 0 Å². The van der Waals surface area contributed by atoms with E-state index in [1.807, 2.05) is 0 Å². The molecule has 15 heavy (non-hydrogen) atoms. The molecule has 0 saturated heterocycles. The molecule has 0 saturated carbocycles. The maximum atomic E-state index is 9.07. The highest BCUT2D eigenvalue weighted by atomic mass is 16.6. The van der Waals surface area contributed by atoms with Crippen molar-refractivity contribution < 1.29 is 29.2 Å². The van der Waals surface area contributed by atoms with Crippen molar-refractivity contribution in [2.45, 2.75) is 6.29 Å². The van der Waals surface area contributed by atoms with Crippen molar-refractivity contribution in [1.29, 1.82) is 0 Å². The Balaban J connectivity index is 2.98. The van der Waals surface area contributed by atoms with Gasteiger partial charge in [0.15, 0.2) is 6.29 Å². The van der Waals surface area contributed by atoms with E-state index in [4.69, 9.17) is 24.4 Å². The molecule has 0 radical (unpaired) electrons. The second kappa shape index (κ2) is 11.8. The van der Waals surface area contributed by atoms with Crippen LogP contribution < -0.4 is 0 Å². The first-order valence-corrected chi connectivity index (χ1v) is 4.86. The van der Waals surface area contributed by atoms with Crippen molar-refractivity contribution in [3.63, 3.8) is 0 Å². The largest absolute Gasteiger partial charge is 0.394 e. The molecule has 0 spiro atoms. The second-order valence-corrected chi connectivity index (χ2v) is 2.73. The van der Waals surface area contributed by atoms with Crippen molar-refractivity contribution in [3.8, 4) is 0 Å². The molecular formula is C9H20O6. The molecule has 0 fully saturated rings.